The van der Waals surface area contributed by atoms with Gasteiger partial charge in [-0.1, -0.05) is 40.8 Å². The zero-order chi connectivity index (χ0) is 13.8. The van der Waals surface area contributed by atoms with E-state index in [4.69, 9.17) is 35.8 Å². The highest BCUT2D eigenvalue weighted by atomic mass is 35.5. The number of rotatable bonds is 4. The van der Waals surface area contributed by atoms with E-state index < -0.39 is 5.82 Å². The van der Waals surface area contributed by atoms with Gasteiger partial charge in [0.1, 0.15) is 13.7 Å². The van der Waals surface area contributed by atoms with Crippen molar-refractivity contribution in [2.45, 2.75) is 13.2 Å². The van der Waals surface area contributed by atoms with Gasteiger partial charge in [-0.3, -0.25) is 0 Å². The van der Waals surface area contributed by atoms with Crippen LogP contribution in [0.1, 0.15) is 11.1 Å². The summed E-state index contributed by atoms with van der Waals surface area (Å²) in [5.74, 6) is -0.438. The van der Waals surface area contributed by atoms with Crippen molar-refractivity contribution in [2.75, 3.05) is 0 Å². The minimum atomic E-state index is -0.438. The monoisotopic (exact) mass is 294 g/mol. The van der Waals surface area contributed by atoms with Crippen molar-refractivity contribution in [3.05, 3.63) is 63.4 Å². The van der Waals surface area contributed by atoms with E-state index in [-0.39, 0.29) is 5.46 Å². The highest BCUT2D eigenvalue weighted by molar-refractivity contribution is 6.34. The lowest BCUT2D eigenvalue weighted by atomic mass is 9.94. The van der Waals surface area contributed by atoms with E-state index in [1.165, 1.54) is 12.1 Å². The topological polar surface area (TPSA) is 9.23 Å². The van der Waals surface area contributed by atoms with Crippen LogP contribution >= 0.6 is 23.2 Å². The first-order chi connectivity index (χ1) is 9.04. The van der Waals surface area contributed by atoms with E-state index >= 15 is 0 Å². The van der Waals surface area contributed by atoms with Gasteiger partial charge in [0.15, 0.2) is 0 Å². The zero-order valence-corrected chi connectivity index (χ0v) is 11.5. The van der Waals surface area contributed by atoms with E-state index in [1.54, 1.807) is 24.3 Å². The number of halogens is 3. The molecular weight excluding hydrogens is 285 g/mol. The molecule has 5 heteroatoms. The first-order valence-corrected chi connectivity index (χ1v) is 6.37. The first kappa shape index (κ1) is 14.4. The predicted molar refractivity (Wildman–Crippen MR) is 76.7 cm³/mol. The van der Waals surface area contributed by atoms with Gasteiger partial charge in [-0.2, -0.15) is 0 Å². The van der Waals surface area contributed by atoms with Crippen LogP contribution in [0.2, 0.25) is 10.0 Å². The van der Waals surface area contributed by atoms with Crippen LogP contribution < -0.4 is 5.46 Å². The second-order valence-electron chi connectivity index (χ2n) is 4.13. The Morgan fingerprint density at radius 1 is 0.947 bits per heavy atom. The fourth-order valence-corrected chi connectivity index (χ4v) is 2.21. The second kappa shape index (κ2) is 6.42. The molecule has 2 aromatic carbocycles. The van der Waals surface area contributed by atoms with Gasteiger partial charge in [-0.15, -0.1) is 0 Å². The van der Waals surface area contributed by atoms with Crippen LogP contribution in [0.15, 0.2) is 36.4 Å². The highest BCUT2D eigenvalue weighted by Crippen LogP contribution is 2.19. The highest BCUT2D eigenvalue weighted by Gasteiger charge is 2.01. The van der Waals surface area contributed by atoms with E-state index in [2.05, 4.69) is 0 Å². The molecule has 0 saturated heterocycles. The Balaban J connectivity index is 1.94. The molecule has 1 nitrogen and oxygen atoms in total. The summed E-state index contributed by atoms with van der Waals surface area (Å²) < 4.78 is 18.7. The van der Waals surface area contributed by atoms with E-state index in [1.807, 2.05) is 0 Å². The van der Waals surface area contributed by atoms with Crippen LogP contribution in [0.3, 0.4) is 0 Å². The van der Waals surface area contributed by atoms with Crippen LogP contribution in [0.5, 0.6) is 0 Å². The van der Waals surface area contributed by atoms with Crippen molar-refractivity contribution in [2.24, 2.45) is 0 Å². The summed E-state index contributed by atoms with van der Waals surface area (Å²) in [4.78, 5) is 0. The summed E-state index contributed by atoms with van der Waals surface area (Å²) in [7, 11) is 5.40. The van der Waals surface area contributed by atoms with Crippen molar-refractivity contribution in [3.63, 3.8) is 0 Å². The molecule has 0 N–H and O–H groups in total. The van der Waals surface area contributed by atoms with E-state index in [0.717, 1.165) is 11.1 Å². The van der Waals surface area contributed by atoms with Crippen LogP contribution in [0.25, 0.3) is 0 Å². The molecule has 2 radical (unpaired) electrons. The van der Waals surface area contributed by atoms with Gasteiger partial charge in [0.25, 0.3) is 0 Å². The minimum absolute atomic E-state index is 0.130. The average molecular weight is 295 g/mol. The maximum Gasteiger partial charge on any atom is 0.117 e. The lowest BCUT2D eigenvalue weighted by Crippen LogP contribution is -2.08. The van der Waals surface area contributed by atoms with Gasteiger partial charge in [0.05, 0.1) is 13.2 Å². The molecule has 0 fully saturated rings. The summed E-state index contributed by atoms with van der Waals surface area (Å²) in [5, 5.41) is 1.12. The molecule has 0 bridgehead atoms. The summed E-state index contributed by atoms with van der Waals surface area (Å²) >= 11 is 11.8. The van der Waals surface area contributed by atoms with Gasteiger partial charge in [0.2, 0.25) is 0 Å². The number of ether oxygens (including phenoxy) is 1. The molecule has 0 aromatic heterocycles. The van der Waals surface area contributed by atoms with Crippen LogP contribution in [-0.2, 0) is 18.0 Å². The number of hydrogen-bond donors (Lipinski definition) is 0. The van der Waals surface area contributed by atoms with Crippen molar-refractivity contribution < 1.29 is 9.13 Å². The number of hydrogen-bond acceptors (Lipinski definition) is 1. The Kier molecular flexibility index (Phi) is 4.86. The minimum Gasteiger partial charge on any atom is -0.372 e. The molecule has 0 heterocycles. The number of benzene rings is 2. The average Bonchev–Trinajstić information content (AvgIpc) is 2.32. The van der Waals surface area contributed by atoms with Gasteiger partial charge in [-0.05, 0) is 35.4 Å². The molecule has 0 aliphatic rings. The third-order valence-corrected chi connectivity index (χ3v) is 2.96. The van der Waals surface area contributed by atoms with Crippen LogP contribution in [0.4, 0.5) is 4.39 Å². The molecule has 96 valence electrons. The SMILES string of the molecule is [B]c1ccc(COCc2cc(Cl)cc(Cl)c2)cc1F. The Bertz CT molecular complexity index is 569. The molecule has 0 amide bonds. The van der Waals surface area contributed by atoms with Crippen LogP contribution in [0, 0.1) is 5.82 Å². The second-order valence-corrected chi connectivity index (χ2v) is 5.00. The molecule has 2 rings (SSSR count). The van der Waals surface area contributed by atoms with Crippen molar-refractivity contribution in [3.8, 4) is 0 Å². The van der Waals surface area contributed by atoms with Crippen molar-refractivity contribution in [1.82, 2.24) is 0 Å². The predicted octanol–water partition coefficient (Wildman–Crippen LogP) is 3.64. The van der Waals surface area contributed by atoms with E-state index in [0.29, 0.717) is 23.3 Å². The molecule has 0 aliphatic carbocycles. The van der Waals surface area contributed by atoms with Gasteiger partial charge in [0, 0.05) is 10.0 Å². The van der Waals surface area contributed by atoms with Crippen LogP contribution in [-0.4, -0.2) is 7.85 Å². The zero-order valence-electron chi connectivity index (χ0n) is 10.00. The molecule has 19 heavy (non-hydrogen) atoms. The Morgan fingerprint density at radius 2 is 1.58 bits per heavy atom. The van der Waals surface area contributed by atoms with Gasteiger partial charge < -0.3 is 4.74 Å². The maximum atomic E-state index is 13.2. The summed E-state index contributed by atoms with van der Waals surface area (Å²) in [6, 6.07) is 9.81. The quantitative estimate of drug-likeness (QED) is 0.782. The summed E-state index contributed by atoms with van der Waals surface area (Å²) in [5.41, 5.74) is 1.72. The smallest absolute Gasteiger partial charge is 0.117 e. The molecule has 0 unspecified atom stereocenters. The molecular formula is C14H10BCl2FO. The summed E-state index contributed by atoms with van der Waals surface area (Å²) in [6.45, 7) is 0.646. The Morgan fingerprint density at radius 3 is 2.21 bits per heavy atom. The fourth-order valence-electron chi connectivity index (χ4n) is 1.64. The lowest BCUT2D eigenvalue weighted by Gasteiger charge is -2.07. The van der Waals surface area contributed by atoms with Gasteiger partial charge in [-0.25, -0.2) is 4.39 Å². The lowest BCUT2D eigenvalue weighted by molar-refractivity contribution is 0.107. The Labute approximate surface area is 122 Å². The normalized spacial score (nSPS) is 10.7. The maximum absolute atomic E-state index is 13.2. The third kappa shape index (κ3) is 4.24. The van der Waals surface area contributed by atoms with Gasteiger partial charge >= 0.3 is 0 Å². The molecule has 0 atom stereocenters. The Hall–Kier alpha value is -1.03. The standard InChI is InChI=1S/C14H10BCl2FO/c15-13-2-1-9(5-14(13)18)7-19-8-10-3-11(16)6-12(17)4-10/h1-6H,7-8H2. The molecule has 2 aromatic rings. The molecule has 0 spiro atoms. The molecule has 0 aliphatic heterocycles. The van der Waals surface area contributed by atoms with Crippen molar-refractivity contribution >= 4 is 36.5 Å². The van der Waals surface area contributed by atoms with Crippen molar-refractivity contribution in [1.29, 1.82) is 0 Å². The summed E-state index contributed by atoms with van der Waals surface area (Å²) in [6.07, 6.45) is 0. The third-order valence-electron chi connectivity index (χ3n) is 2.52. The first-order valence-electron chi connectivity index (χ1n) is 5.61. The largest absolute Gasteiger partial charge is 0.372 e. The molecule has 0 saturated carbocycles. The van der Waals surface area contributed by atoms with E-state index in [9.17, 15) is 4.39 Å². The fraction of sp³-hybridized carbons (Fsp3) is 0.143.